The van der Waals surface area contributed by atoms with Crippen LogP contribution >= 0.6 is 11.6 Å². The van der Waals surface area contributed by atoms with Crippen LogP contribution in [0.4, 0.5) is 17.1 Å². The number of likely N-dealkylation sites (N-methyl/N-ethyl adjacent to an activating group) is 1. The summed E-state index contributed by atoms with van der Waals surface area (Å²) in [7, 11) is -1.14. The third-order valence-corrected chi connectivity index (χ3v) is 7.67. The molecule has 0 bridgehead atoms. The van der Waals surface area contributed by atoms with Gasteiger partial charge in [0.2, 0.25) is 10.0 Å². The quantitative estimate of drug-likeness (QED) is 0.778. The number of hydrogen-bond acceptors (Lipinski definition) is 5. The highest BCUT2D eigenvalue weighted by Crippen LogP contribution is 2.31. The van der Waals surface area contributed by atoms with Crippen molar-refractivity contribution in [2.75, 3.05) is 60.0 Å². The van der Waals surface area contributed by atoms with Gasteiger partial charge in [-0.15, -0.1) is 0 Å². The molecule has 0 saturated carbocycles. The molecular formula is C21H25ClN4O3S. The van der Waals surface area contributed by atoms with Gasteiger partial charge in [0.15, 0.2) is 0 Å². The van der Waals surface area contributed by atoms with Gasteiger partial charge in [0, 0.05) is 43.3 Å². The van der Waals surface area contributed by atoms with E-state index in [-0.39, 0.29) is 11.7 Å². The van der Waals surface area contributed by atoms with Gasteiger partial charge in [-0.2, -0.15) is 0 Å². The summed E-state index contributed by atoms with van der Waals surface area (Å²) in [5.41, 5.74) is 2.66. The van der Waals surface area contributed by atoms with Crippen LogP contribution in [0.2, 0.25) is 5.02 Å². The van der Waals surface area contributed by atoms with Crippen molar-refractivity contribution in [3.63, 3.8) is 0 Å². The maximum Gasteiger partial charge on any atom is 0.255 e. The molecule has 0 aliphatic carbocycles. The summed E-state index contributed by atoms with van der Waals surface area (Å²) in [6, 6.07) is 12.2. The molecule has 1 N–H and O–H groups in total. The average molecular weight is 449 g/mol. The highest BCUT2D eigenvalue weighted by molar-refractivity contribution is 7.93. The van der Waals surface area contributed by atoms with Crippen LogP contribution in [0, 0.1) is 0 Å². The molecular weight excluding hydrogens is 424 g/mol. The number of carbonyl (C=O) groups excluding carboxylic acids is 1. The van der Waals surface area contributed by atoms with Crippen LogP contribution in [-0.4, -0.2) is 64.7 Å². The lowest BCUT2D eigenvalue weighted by Gasteiger charge is -2.35. The van der Waals surface area contributed by atoms with Crippen LogP contribution in [-0.2, 0) is 10.0 Å². The highest BCUT2D eigenvalue weighted by atomic mass is 35.5. The maximum atomic E-state index is 12.9. The number of amides is 1. The number of piperazine rings is 1. The molecule has 7 nitrogen and oxygen atoms in total. The summed E-state index contributed by atoms with van der Waals surface area (Å²) in [6.45, 7) is 4.14. The number of nitrogens with one attached hydrogen (secondary N) is 1. The molecule has 0 spiro atoms. The minimum atomic E-state index is -3.24. The SMILES string of the molecule is CN1CCN(c2ccc(Cl)cc2NC(=O)c2ccc(N3CCCS3(=O)=O)cc2)CC1. The number of hydrogen-bond donors (Lipinski definition) is 1. The molecule has 2 heterocycles. The Balaban J connectivity index is 1.52. The summed E-state index contributed by atoms with van der Waals surface area (Å²) in [6.07, 6.45) is 0.619. The topological polar surface area (TPSA) is 73.0 Å². The number of carbonyl (C=O) groups is 1. The fraction of sp³-hybridized carbons (Fsp3) is 0.381. The average Bonchev–Trinajstić information content (AvgIpc) is 3.08. The lowest BCUT2D eigenvalue weighted by atomic mass is 10.1. The molecule has 0 atom stereocenters. The Kier molecular flexibility index (Phi) is 5.90. The van der Waals surface area contributed by atoms with Crippen molar-refractivity contribution < 1.29 is 13.2 Å². The van der Waals surface area contributed by atoms with E-state index in [1.165, 1.54) is 4.31 Å². The molecule has 0 unspecified atom stereocenters. The second-order valence-electron chi connectivity index (χ2n) is 7.69. The smallest absolute Gasteiger partial charge is 0.255 e. The van der Waals surface area contributed by atoms with Crippen molar-refractivity contribution in [3.8, 4) is 0 Å². The molecule has 0 radical (unpaired) electrons. The molecule has 2 aromatic rings. The number of benzene rings is 2. The molecule has 0 aromatic heterocycles. The Labute approximate surface area is 182 Å². The monoisotopic (exact) mass is 448 g/mol. The summed E-state index contributed by atoms with van der Waals surface area (Å²) >= 11 is 6.19. The van der Waals surface area contributed by atoms with E-state index < -0.39 is 10.0 Å². The second kappa shape index (κ2) is 8.45. The van der Waals surface area contributed by atoms with Crippen LogP contribution in [0.15, 0.2) is 42.5 Å². The largest absolute Gasteiger partial charge is 0.367 e. The van der Waals surface area contributed by atoms with Gasteiger partial charge in [0.05, 0.1) is 22.8 Å². The first-order chi connectivity index (χ1) is 14.3. The van der Waals surface area contributed by atoms with E-state index in [1.807, 2.05) is 12.1 Å². The zero-order valence-corrected chi connectivity index (χ0v) is 18.4. The zero-order valence-electron chi connectivity index (χ0n) is 16.8. The highest BCUT2D eigenvalue weighted by Gasteiger charge is 2.28. The van der Waals surface area contributed by atoms with Crippen LogP contribution in [0.3, 0.4) is 0 Å². The molecule has 2 aliphatic heterocycles. The minimum Gasteiger partial charge on any atom is -0.367 e. The summed E-state index contributed by atoms with van der Waals surface area (Å²) < 4.78 is 25.6. The van der Waals surface area contributed by atoms with Crippen molar-refractivity contribution in [2.45, 2.75) is 6.42 Å². The minimum absolute atomic E-state index is 0.166. The lowest BCUT2D eigenvalue weighted by molar-refractivity contribution is 0.102. The van der Waals surface area contributed by atoms with Gasteiger partial charge in [-0.05, 0) is 55.9 Å². The van der Waals surface area contributed by atoms with E-state index in [1.54, 1.807) is 30.3 Å². The molecule has 2 aromatic carbocycles. The first-order valence-electron chi connectivity index (χ1n) is 9.98. The third-order valence-electron chi connectivity index (χ3n) is 5.57. The van der Waals surface area contributed by atoms with Gasteiger partial charge in [-0.1, -0.05) is 11.6 Å². The molecule has 2 fully saturated rings. The van der Waals surface area contributed by atoms with E-state index >= 15 is 0 Å². The van der Waals surface area contributed by atoms with E-state index in [0.29, 0.717) is 34.9 Å². The Morgan fingerprint density at radius 3 is 2.33 bits per heavy atom. The van der Waals surface area contributed by atoms with E-state index in [2.05, 4.69) is 22.2 Å². The Hall–Kier alpha value is -2.29. The predicted molar refractivity (Wildman–Crippen MR) is 121 cm³/mol. The van der Waals surface area contributed by atoms with Gasteiger partial charge in [0.1, 0.15) is 0 Å². The van der Waals surface area contributed by atoms with Gasteiger partial charge < -0.3 is 15.1 Å². The lowest BCUT2D eigenvalue weighted by Crippen LogP contribution is -2.44. The normalized spacial score (nSPS) is 19.1. The number of halogens is 1. The Bertz CT molecular complexity index is 1030. The van der Waals surface area contributed by atoms with E-state index in [4.69, 9.17) is 11.6 Å². The van der Waals surface area contributed by atoms with Crippen molar-refractivity contribution in [3.05, 3.63) is 53.1 Å². The van der Waals surface area contributed by atoms with Crippen LogP contribution in [0.5, 0.6) is 0 Å². The first kappa shape index (κ1) is 21.0. The molecule has 9 heteroatoms. The number of anilines is 3. The molecule has 30 heavy (non-hydrogen) atoms. The van der Waals surface area contributed by atoms with E-state index in [0.717, 1.165) is 31.9 Å². The van der Waals surface area contributed by atoms with E-state index in [9.17, 15) is 13.2 Å². The fourth-order valence-corrected chi connectivity index (χ4v) is 5.57. The molecule has 4 rings (SSSR count). The van der Waals surface area contributed by atoms with Gasteiger partial charge >= 0.3 is 0 Å². The maximum absolute atomic E-state index is 12.9. The fourth-order valence-electron chi connectivity index (χ4n) is 3.83. The van der Waals surface area contributed by atoms with Gasteiger partial charge in [-0.25, -0.2) is 8.42 Å². The molecule has 2 saturated heterocycles. The Morgan fingerprint density at radius 2 is 1.70 bits per heavy atom. The van der Waals surface area contributed by atoms with Crippen molar-refractivity contribution in [1.82, 2.24) is 4.90 Å². The van der Waals surface area contributed by atoms with Crippen LogP contribution in [0.1, 0.15) is 16.8 Å². The second-order valence-corrected chi connectivity index (χ2v) is 10.1. The number of rotatable bonds is 4. The van der Waals surface area contributed by atoms with Gasteiger partial charge in [0.25, 0.3) is 5.91 Å². The summed E-state index contributed by atoms with van der Waals surface area (Å²) in [5, 5.41) is 3.52. The number of sulfonamides is 1. The standard InChI is InChI=1S/C21H25ClN4O3S/c1-24-10-12-25(13-11-24)20-8-5-17(22)15-19(20)23-21(27)16-3-6-18(7-4-16)26-9-2-14-30(26,28)29/h3-8,15H,2,9-14H2,1H3,(H,23,27). The van der Waals surface area contributed by atoms with Crippen molar-refractivity contribution in [2.24, 2.45) is 0 Å². The summed E-state index contributed by atoms with van der Waals surface area (Å²) in [5.74, 6) is -0.0949. The van der Waals surface area contributed by atoms with Gasteiger partial charge in [-0.3, -0.25) is 9.10 Å². The molecule has 2 aliphatic rings. The number of nitrogens with zero attached hydrogens (tertiary/aromatic N) is 3. The van der Waals surface area contributed by atoms with Crippen molar-refractivity contribution >= 4 is 44.6 Å². The molecule has 1 amide bonds. The zero-order chi connectivity index (χ0) is 21.3. The third kappa shape index (κ3) is 4.40. The summed E-state index contributed by atoms with van der Waals surface area (Å²) in [4.78, 5) is 17.4. The van der Waals surface area contributed by atoms with Crippen molar-refractivity contribution in [1.29, 1.82) is 0 Å². The Morgan fingerprint density at radius 1 is 1.00 bits per heavy atom. The van der Waals surface area contributed by atoms with Crippen LogP contribution < -0.4 is 14.5 Å². The first-order valence-corrected chi connectivity index (χ1v) is 12.0. The van der Waals surface area contributed by atoms with Crippen LogP contribution in [0.25, 0.3) is 0 Å². The predicted octanol–water partition coefficient (Wildman–Crippen LogP) is 2.88. The molecule has 160 valence electrons.